The fourth-order valence-electron chi connectivity index (χ4n) is 4.19. The zero-order chi connectivity index (χ0) is 19.2. The van der Waals surface area contributed by atoms with Crippen molar-refractivity contribution in [2.24, 2.45) is 5.92 Å². The molecule has 0 spiro atoms. The first-order valence-electron chi connectivity index (χ1n) is 10.5. The number of benzene rings is 2. The van der Waals surface area contributed by atoms with E-state index < -0.39 is 0 Å². The zero-order valence-corrected chi connectivity index (χ0v) is 16.4. The molecule has 1 amide bonds. The zero-order valence-electron chi connectivity index (χ0n) is 16.4. The summed E-state index contributed by atoms with van der Waals surface area (Å²) in [6.45, 7) is 2.96. The van der Waals surface area contributed by atoms with Gasteiger partial charge in [-0.3, -0.25) is 4.79 Å². The summed E-state index contributed by atoms with van der Waals surface area (Å²) in [6.07, 6.45) is 5.48. The molecule has 2 fully saturated rings. The third-order valence-electron chi connectivity index (χ3n) is 5.84. The Kier molecular flexibility index (Phi) is 6.27. The molecule has 1 unspecified atom stereocenters. The van der Waals surface area contributed by atoms with Gasteiger partial charge in [-0.1, -0.05) is 42.5 Å². The first-order valence-corrected chi connectivity index (χ1v) is 10.5. The summed E-state index contributed by atoms with van der Waals surface area (Å²) >= 11 is 0. The highest BCUT2D eigenvalue weighted by atomic mass is 16.5. The lowest BCUT2D eigenvalue weighted by Crippen LogP contribution is -2.39. The molecule has 148 valence electrons. The van der Waals surface area contributed by atoms with Crippen LogP contribution in [-0.2, 0) is 11.2 Å². The normalized spacial score (nSPS) is 20.3. The molecule has 4 heteroatoms. The molecule has 0 aromatic heterocycles. The van der Waals surface area contributed by atoms with Crippen LogP contribution in [0.1, 0.15) is 41.6 Å². The molecule has 0 N–H and O–H groups in total. The summed E-state index contributed by atoms with van der Waals surface area (Å²) in [7, 11) is 0. The van der Waals surface area contributed by atoms with Gasteiger partial charge >= 0.3 is 0 Å². The van der Waals surface area contributed by atoms with Crippen LogP contribution < -0.4 is 4.74 Å². The number of nitrogens with zero attached hydrogens (tertiary/aromatic N) is 1. The lowest BCUT2D eigenvalue weighted by Gasteiger charge is -2.32. The van der Waals surface area contributed by atoms with Gasteiger partial charge in [-0.15, -0.1) is 0 Å². The molecular formula is C24H29NO3. The molecule has 2 aliphatic rings. The van der Waals surface area contributed by atoms with E-state index in [9.17, 15) is 4.79 Å². The van der Waals surface area contributed by atoms with E-state index in [1.807, 2.05) is 29.2 Å². The summed E-state index contributed by atoms with van der Waals surface area (Å²) < 4.78 is 11.6. The second-order valence-electron chi connectivity index (χ2n) is 7.87. The number of amides is 1. The minimum atomic E-state index is 0.0844. The molecule has 0 saturated carbocycles. The predicted octanol–water partition coefficient (Wildman–Crippen LogP) is 4.34. The molecule has 0 aliphatic carbocycles. The Bertz CT molecular complexity index is 762. The van der Waals surface area contributed by atoms with Crippen LogP contribution in [0.15, 0.2) is 54.6 Å². The number of carbonyl (C=O) groups excluding carboxylic acids is 1. The van der Waals surface area contributed by atoms with Crippen LogP contribution in [0.25, 0.3) is 0 Å². The van der Waals surface area contributed by atoms with Gasteiger partial charge in [0, 0.05) is 19.7 Å². The van der Waals surface area contributed by atoms with Gasteiger partial charge in [0.2, 0.25) is 0 Å². The molecule has 2 aliphatic heterocycles. The number of hydrogen-bond acceptors (Lipinski definition) is 3. The molecule has 1 atom stereocenters. The SMILES string of the molecule is O=C(c1ccccc1OCC1CCCO1)N1CCC(Cc2ccccc2)CC1. The molecule has 0 radical (unpaired) electrons. The Labute approximate surface area is 167 Å². The van der Waals surface area contributed by atoms with Crippen LogP contribution >= 0.6 is 0 Å². The number of hydrogen-bond donors (Lipinski definition) is 0. The second kappa shape index (κ2) is 9.24. The van der Waals surface area contributed by atoms with Crippen molar-refractivity contribution in [2.45, 2.75) is 38.2 Å². The first-order chi connectivity index (χ1) is 13.8. The lowest BCUT2D eigenvalue weighted by atomic mass is 9.90. The van der Waals surface area contributed by atoms with E-state index in [2.05, 4.69) is 30.3 Å². The topological polar surface area (TPSA) is 38.8 Å². The van der Waals surface area contributed by atoms with Crippen LogP contribution in [0.4, 0.5) is 0 Å². The highest BCUT2D eigenvalue weighted by Gasteiger charge is 2.26. The maximum Gasteiger partial charge on any atom is 0.257 e. The van der Waals surface area contributed by atoms with Gasteiger partial charge in [-0.05, 0) is 55.7 Å². The minimum Gasteiger partial charge on any atom is -0.490 e. The van der Waals surface area contributed by atoms with E-state index >= 15 is 0 Å². The summed E-state index contributed by atoms with van der Waals surface area (Å²) in [5.41, 5.74) is 2.06. The number of likely N-dealkylation sites (tertiary alicyclic amines) is 1. The number of ether oxygens (including phenoxy) is 2. The Morgan fingerprint density at radius 1 is 1.00 bits per heavy atom. The molecular weight excluding hydrogens is 350 g/mol. The second-order valence-corrected chi connectivity index (χ2v) is 7.87. The van der Waals surface area contributed by atoms with Gasteiger partial charge in [0.05, 0.1) is 11.7 Å². The van der Waals surface area contributed by atoms with Crippen LogP contribution in [0.3, 0.4) is 0 Å². The molecule has 2 heterocycles. The summed E-state index contributed by atoms with van der Waals surface area (Å²) in [6, 6.07) is 18.3. The largest absolute Gasteiger partial charge is 0.490 e. The third-order valence-corrected chi connectivity index (χ3v) is 5.84. The molecule has 2 aromatic carbocycles. The average molecular weight is 380 g/mol. The Balaban J connectivity index is 1.33. The van der Waals surface area contributed by atoms with Crippen molar-refractivity contribution in [1.29, 1.82) is 0 Å². The van der Waals surface area contributed by atoms with Crippen molar-refractivity contribution in [1.82, 2.24) is 4.90 Å². The summed E-state index contributed by atoms with van der Waals surface area (Å²) in [4.78, 5) is 15.1. The van der Waals surface area contributed by atoms with E-state index in [1.54, 1.807) is 0 Å². The van der Waals surface area contributed by atoms with Crippen LogP contribution in [0.2, 0.25) is 0 Å². The van der Waals surface area contributed by atoms with Crippen molar-refractivity contribution in [3.8, 4) is 5.75 Å². The van der Waals surface area contributed by atoms with Gasteiger partial charge in [-0.25, -0.2) is 0 Å². The minimum absolute atomic E-state index is 0.0844. The Hall–Kier alpha value is -2.33. The third kappa shape index (κ3) is 4.74. The Morgan fingerprint density at radius 2 is 1.75 bits per heavy atom. The molecule has 2 saturated heterocycles. The number of rotatable bonds is 6. The van der Waals surface area contributed by atoms with E-state index in [0.717, 1.165) is 51.8 Å². The van der Waals surface area contributed by atoms with Crippen molar-refractivity contribution < 1.29 is 14.3 Å². The van der Waals surface area contributed by atoms with Gasteiger partial charge in [0.1, 0.15) is 12.4 Å². The predicted molar refractivity (Wildman–Crippen MR) is 110 cm³/mol. The molecule has 4 rings (SSSR count). The maximum absolute atomic E-state index is 13.1. The van der Waals surface area contributed by atoms with E-state index in [1.165, 1.54) is 5.56 Å². The monoisotopic (exact) mass is 379 g/mol. The first kappa shape index (κ1) is 19.0. The van der Waals surface area contributed by atoms with Gasteiger partial charge in [-0.2, -0.15) is 0 Å². The maximum atomic E-state index is 13.1. The standard InChI is InChI=1S/C24H29NO3/c26-24(22-10-4-5-11-23(22)28-18-21-9-6-16-27-21)25-14-12-20(13-15-25)17-19-7-2-1-3-8-19/h1-5,7-8,10-11,20-21H,6,9,12-18H2. The number of carbonyl (C=O) groups is 1. The van der Waals surface area contributed by atoms with Gasteiger partial charge in [0.15, 0.2) is 0 Å². The fraction of sp³-hybridized carbons (Fsp3) is 0.458. The van der Waals surface area contributed by atoms with Gasteiger partial charge in [0.25, 0.3) is 5.91 Å². The van der Waals surface area contributed by atoms with Crippen LogP contribution in [0.5, 0.6) is 5.75 Å². The summed E-state index contributed by atoms with van der Waals surface area (Å²) in [5.74, 6) is 1.41. The van der Waals surface area contributed by atoms with Crippen molar-refractivity contribution in [3.63, 3.8) is 0 Å². The molecule has 4 nitrogen and oxygen atoms in total. The number of piperidine rings is 1. The smallest absolute Gasteiger partial charge is 0.257 e. The van der Waals surface area contributed by atoms with Crippen molar-refractivity contribution in [2.75, 3.05) is 26.3 Å². The molecule has 28 heavy (non-hydrogen) atoms. The van der Waals surface area contributed by atoms with E-state index in [4.69, 9.17) is 9.47 Å². The summed E-state index contributed by atoms with van der Waals surface area (Å²) in [5, 5.41) is 0. The molecule has 2 aromatic rings. The quantitative estimate of drug-likeness (QED) is 0.749. The highest BCUT2D eigenvalue weighted by Crippen LogP contribution is 2.26. The highest BCUT2D eigenvalue weighted by molar-refractivity contribution is 5.97. The van der Waals surface area contributed by atoms with Crippen molar-refractivity contribution >= 4 is 5.91 Å². The number of para-hydroxylation sites is 1. The Morgan fingerprint density at radius 3 is 2.50 bits per heavy atom. The van der Waals surface area contributed by atoms with Crippen LogP contribution in [-0.4, -0.2) is 43.2 Å². The van der Waals surface area contributed by atoms with E-state index in [-0.39, 0.29) is 12.0 Å². The van der Waals surface area contributed by atoms with Crippen LogP contribution in [0, 0.1) is 5.92 Å². The van der Waals surface area contributed by atoms with Gasteiger partial charge < -0.3 is 14.4 Å². The molecule has 0 bridgehead atoms. The van der Waals surface area contributed by atoms with E-state index in [0.29, 0.717) is 23.8 Å². The average Bonchev–Trinajstić information content (AvgIpc) is 3.27. The van der Waals surface area contributed by atoms with Crippen molar-refractivity contribution in [3.05, 3.63) is 65.7 Å². The fourth-order valence-corrected chi connectivity index (χ4v) is 4.19. The lowest BCUT2D eigenvalue weighted by molar-refractivity contribution is 0.0629.